The molecular formula is C26H33ClFN3O2. The van der Waals surface area contributed by atoms with Gasteiger partial charge in [-0.1, -0.05) is 35.9 Å². The van der Waals surface area contributed by atoms with Gasteiger partial charge >= 0.3 is 5.97 Å². The number of nitrogens with zero attached hydrogens (tertiary/aromatic N) is 3. The molecule has 0 N–H and O–H groups in total. The highest BCUT2D eigenvalue weighted by atomic mass is 35.5. The number of rotatable bonds is 7. The first-order valence-corrected chi connectivity index (χ1v) is 12.2. The van der Waals surface area contributed by atoms with Gasteiger partial charge in [0.05, 0.1) is 12.8 Å². The Morgan fingerprint density at radius 1 is 1.09 bits per heavy atom. The van der Waals surface area contributed by atoms with Gasteiger partial charge in [0, 0.05) is 56.8 Å². The van der Waals surface area contributed by atoms with Crippen molar-refractivity contribution in [1.82, 2.24) is 9.80 Å². The van der Waals surface area contributed by atoms with Crippen molar-refractivity contribution in [2.75, 3.05) is 51.3 Å². The fourth-order valence-electron chi connectivity index (χ4n) is 5.30. The molecule has 33 heavy (non-hydrogen) atoms. The Kier molecular flexibility index (Phi) is 8.23. The number of benzene rings is 2. The van der Waals surface area contributed by atoms with Crippen LogP contribution in [-0.4, -0.2) is 68.2 Å². The van der Waals surface area contributed by atoms with E-state index in [0.717, 1.165) is 63.7 Å². The number of hydrogen-bond acceptors (Lipinski definition) is 5. The third kappa shape index (κ3) is 6.25. The van der Waals surface area contributed by atoms with E-state index in [1.54, 1.807) is 6.07 Å². The predicted octanol–water partition coefficient (Wildman–Crippen LogP) is 4.45. The molecule has 2 aromatic rings. The van der Waals surface area contributed by atoms with Gasteiger partial charge in [0.15, 0.2) is 0 Å². The van der Waals surface area contributed by atoms with Gasteiger partial charge in [-0.25, -0.2) is 4.39 Å². The SMILES string of the molecule is COC(=O)CC[C@H]1CN(Cc2cccc(Cl)c2)CC[C@H]1N1CCN(c2ccccc2F)CC1. The second-order valence-electron chi connectivity index (χ2n) is 9.07. The van der Waals surface area contributed by atoms with Crippen LogP contribution in [0.5, 0.6) is 0 Å². The molecule has 2 saturated heterocycles. The summed E-state index contributed by atoms with van der Waals surface area (Å²) in [5.74, 6) is 0.0818. The summed E-state index contributed by atoms with van der Waals surface area (Å²) in [5.41, 5.74) is 1.90. The first-order valence-electron chi connectivity index (χ1n) is 11.8. The molecule has 2 heterocycles. The number of ether oxygens (including phenoxy) is 1. The molecule has 2 aliphatic rings. The Bertz CT molecular complexity index is 935. The highest BCUT2D eigenvalue weighted by molar-refractivity contribution is 6.30. The van der Waals surface area contributed by atoms with E-state index in [2.05, 4.69) is 20.8 Å². The van der Waals surface area contributed by atoms with E-state index in [9.17, 15) is 9.18 Å². The summed E-state index contributed by atoms with van der Waals surface area (Å²) in [6.07, 6.45) is 2.32. The lowest BCUT2D eigenvalue weighted by Gasteiger charge is -2.47. The average Bonchev–Trinajstić information content (AvgIpc) is 2.83. The Balaban J connectivity index is 1.39. The molecule has 0 unspecified atom stereocenters. The van der Waals surface area contributed by atoms with Crippen LogP contribution in [0.1, 0.15) is 24.8 Å². The van der Waals surface area contributed by atoms with Crippen molar-refractivity contribution in [2.24, 2.45) is 5.92 Å². The average molecular weight is 474 g/mol. The van der Waals surface area contributed by atoms with E-state index in [1.807, 2.05) is 30.3 Å². The van der Waals surface area contributed by atoms with Crippen molar-refractivity contribution in [3.63, 3.8) is 0 Å². The topological polar surface area (TPSA) is 36.0 Å². The molecule has 2 aliphatic heterocycles. The number of piperazine rings is 1. The molecule has 0 aromatic heterocycles. The molecule has 0 radical (unpaired) electrons. The van der Waals surface area contributed by atoms with Gasteiger partial charge < -0.3 is 9.64 Å². The molecule has 0 amide bonds. The minimum atomic E-state index is -0.156. The number of hydrogen-bond donors (Lipinski definition) is 0. The Labute approximate surface area is 201 Å². The minimum Gasteiger partial charge on any atom is -0.469 e. The summed E-state index contributed by atoms with van der Waals surface area (Å²) in [4.78, 5) is 19.0. The summed E-state index contributed by atoms with van der Waals surface area (Å²) in [6.45, 7) is 6.26. The lowest BCUT2D eigenvalue weighted by Crippen LogP contribution is -2.56. The molecule has 0 bridgehead atoms. The maximum absolute atomic E-state index is 14.2. The zero-order valence-electron chi connectivity index (χ0n) is 19.3. The molecule has 4 rings (SSSR count). The molecule has 2 atom stereocenters. The van der Waals surface area contributed by atoms with E-state index in [1.165, 1.54) is 18.7 Å². The minimum absolute atomic E-state index is 0.148. The van der Waals surface area contributed by atoms with Gasteiger partial charge in [0.1, 0.15) is 5.82 Å². The van der Waals surface area contributed by atoms with E-state index in [-0.39, 0.29) is 11.8 Å². The van der Waals surface area contributed by atoms with Gasteiger partial charge in [0.25, 0.3) is 0 Å². The number of methoxy groups -OCH3 is 1. The highest BCUT2D eigenvalue weighted by Gasteiger charge is 2.35. The Morgan fingerprint density at radius 3 is 2.61 bits per heavy atom. The van der Waals surface area contributed by atoms with Crippen LogP contribution in [0.3, 0.4) is 0 Å². The normalized spacial score (nSPS) is 22.3. The smallest absolute Gasteiger partial charge is 0.305 e. The van der Waals surface area contributed by atoms with Crippen LogP contribution < -0.4 is 4.90 Å². The Morgan fingerprint density at radius 2 is 1.88 bits per heavy atom. The lowest BCUT2D eigenvalue weighted by molar-refractivity contribution is -0.141. The van der Waals surface area contributed by atoms with Gasteiger partial charge in [-0.2, -0.15) is 0 Å². The first-order chi connectivity index (χ1) is 16.0. The van der Waals surface area contributed by atoms with Crippen LogP contribution in [0.2, 0.25) is 5.02 Å². The van der Waals surface area contributed by atoms with E-state index in [0.29, 0.717) is 24.1 Å². The molecule has 7 heteroatoms. The third-order valence-electron chi connectivity index (χ3n) is 7.00. The van der Waals surface area contributed by atoms with Crippen molar-refractivity contribution in [2.45, 2.75) is 31.8 Å². The van der Waals surface area contributed by atoms with Gasteiger partial charge in [0.2, 0.25) is 0 Å². The lowest BCUT2D eigenvalue weighted by atomic mass is 9.86. The molecule has 2 aromatic carbocycles. The van der Waals surface area contributed by atoms with Crippen molar-refractivity contribution in [1.29, 1.82) is 0 Å². The zero-order chi connectivity index (χ0) is 23.2. The highest BCUT2D eigenvalue weighted by Crippen LogP contribution is 2.30. The van der Waals surface area contributed by atoms with E-state index < -0.39 is 0 Å². The molecule has 2 fully saturated rings. The van der Waals surface area contributed by atoms with Crippen LogP contribution >= 0.6 is 11.6 Å². The van der Waals surface area contributed by atoms with Crippen molar-refractivity contribution < 1.29 is 13.9 Å². The number of anilines is 1. The van der Waals surface area contributed by atoms with Crippen molar-refractivity contribution in [3.05, 3.63) is 64.9 Å². The zero-order valence-corrected chi connectivity index (χ0v) is 20.0. The maximum atomic E-state index is 14.2. The molecular weight excluding hydrogens is 441 g/mol. The third-order valence-corrected chi connectivity index (χ3v) is 7.23. The van der Waals surface area contributed by atoms with E-state index in [4.69, 9.17) is 16.3 Å². The van der Waals surface area contributed by atoms with E-state index >= 15 is 0 Å². The number of halogens is 2. The molecule has 0 saturated carbocycles. The summed E-state index contributed by atoms with van der Waals surface area (Å²) < 4.78 is 19.1. The van der Waals surface area contributed by atoms with Crippen LogP contribution in [0, 0.1) is 11.7 Å². The standard InChI is InChI=1S/C26H33ClFN3O2/c1-33-26(32)10-9-21-19-29(18-20-5-4-6-22(27)17-20)12-11-24(21)30-13-15-31(16-14-30)25-8-3-2-7-23(25)28/h2-8,17,21,24H,9-16,18-19H2,1H3/t21-,24+/m0/s1. The second kappa shape index (κ2) is 11.3. The molecule has 0 aliphatic carbocycles. The Hall–Kier alpha value is -2.15. The van der Waals surface area contributed by atoms with Crippen molar-refractivity contribution in [3.8, 4) is 0 Å². The first kappa shape index (κ1) is 24.0. The monoisotopic (exact) mass is 473 g/mol. The molecule has 5 nitrogen and oxygen atoms in total. The molecule has 0 spiro atoms. The number of para-hydroxylation sites is 1. The number of carbonyl (C=O) groups excluding carboxylic acids is 1. The maximum Gasteiger partial charge on any atom is 0.305 e. The number of piperidine rings is 1. The van der Waals surface area contributed by atoms with Crippen LogP contribution in [0.15, 0.2) is 48.5 Å². The second-order valence-corrected chi connectivity index (χ2v) is 9.51. The van der Waals surface area contributed by atoms with Crippen LogP contribution in [0.4, 0.5) is 10.1 Å². The van der Waals surface area contributed by atoms with Crippen molar-refractivity contribution >= 4 is 23.3 Å². The summed E-state index contributed by atoms with van der Waals surface area (Å²) in [5, 5.41) is 0.761. The van der Waals surface area contributed by atoms with Gasteiger partial charge in [-0.05, 0) is 55.1 Å². The van der Waals surface area contributed by atoms with Crippen LogP contribution in [0.25, 0.3) is 0 Å². The van der Waals surface area contributed by atoms with Crippen LogP contribution in [-0.2, 0) is 16.1 Å². The summed E-state index contributed by atoms with van der Waals surface area (Å²) >= 11 is 6.18. The quantitative estimate of drug-likeness (QED) is 0.555. The molecule has 178 valence electrons. The largest absolute Gasteiger partial charge is 0.469 e. The number of esters is 1. The van der Waals surface area contributed by atoms with Gasteiger partial charge in [-0.3, -0.25) is 14.6 Å². The fraction of sp³-hybridized carbons (Fsp3) is 0.500. The predicted molar refractivity (Wildman–Crippen MR) is 130 cm³/mol. The summed E-state index contributed by atoms with van der Waals surface area (Å²) in [7, 11) is 1.45. The fourth-order valence-corrected chi connectivity index (χ4v) is 5.52. The van der Waals surface area contributed by atoms with Gasteiger partial charge in [-0.15, -0.1) is 0 Å². The number of carbonyl (C=O) groups is 1. The summed E-state index contributed by atoms with van der Waals surface area (Å²) in [6, 6.07) is 15.5. The number of likely N-dealkylation sites (tertiary alicyclic amines) is 1.